The molecule has 0 aliphatic carbocycles. The lowest BCUT2D eigenvalue weighted by molar-refractivity contribution is 0.0949. The van der Waals surface area contributed by atoms with Crippen molar-refractivity contribution in [2.45, 2.75) is 22.9 Å². The summed E-state index contributed by atoms with van der Waals surface area (Å²) < 4.78 is 0. The second-order valence-corrected chi connectivity index (χ2v) is 8.76. The van der Waals surface area contributed by atoms with Crippen LogP contribution in [0, 0.1) is 0 Å². The first-order valence-electron chi connectivity index (χ1n) is 10.6. The van der Waals surface area contributed by atoms with Gasteiger partial charge in [0.2, 0.25) is 0 Å². The number of amides is 2. The van der Waals surface area contributed by atoms with Crippen LogP contribution in [0.3, 0.4) is 0 Å². The number of benzene rings is 3. The maximum Gasteiger partial charge on any atom is 0.256 e. The lowest BCUT2D eigenvalue weighted by atomic mass is 10.1. The molecule has 2 heterocycles. The molecule has 34 heavy (non-hydrogen) atoms. The Morgan fingerprint density at radius 1 is 0.941 bits per heavy atom. The van der Waals surface area contributed by atoms with Gasteiger partial charge < -0.3 is 15.7 Å². The number of hydrogen-bond donors (Lipinski definition) is 3. The second-order valence-electron chi connectivity index (χ2n) is 7.68. The number of fused-ring (bicyclic) bond motifs is 2. The Morgan fingerprint density at radius 2 is 1.68 bits per heavy atom. The summed E-state index contributed by atoms with van der Waals surface area (Å²) in [6.07, 6.45) is 3.31. The molecule has 0 saturated heterocycles. The predicted octanol–water partition coefficient (Wildman–Crippen LogP) is 4.28. The summed E-state index contributed by atoms with van der Waals surface area (Å²) in [7, 11) is 0. The normalized spacial score (nSPS) is 12.2. The van der Waals surface area contributed by atoms with Gasteiger partial charge in [0.05, 0.1) is 17.9 Å². The van der Waals surface area contributed by atoms with Gasteiger partial charge in [-0.25, -0.2) is 9.97 Å². The van der Waals surface area contributed by atoms with E-state index in [1.165, 1.54) is 11.8 Å². The lowest BCUT2D eigenvalue weighted by Crippen LogP contribution is -2.23. The molecule has 2 amide bonds. The van der Waals surface area contributed by atoms with Crippen molar-refractivity contribution in [1.82, 2.24) is 15.3 Å². The van der Waals surface area contributed by atoms with Crippen LogP contribution < -0.4 is 10.6 Å². The Kier molecular flexibility index (Phi) is 6.07. The van der Waals surface area contributed by atoms with E-state index in [1.54, 1.807) is 30.6 Å². The number of carbonyl (C=O) groups excluding carboxylic acids is 2. The first-order chi connectivity index (χ1) is 16.6. The van der Waals surface area contributed by atoms with Gasteiger partial charge in [-0.15, -0.1) is 0 Å². The van der Waals surface area contributed by atoms with Crippen molar-refractivity contribution in [3.8, 4) is 11.4 Å². The van der Waals surface area contributed by atoms with Gasteiger partial charge in [-0.1, -0.05) is 48.2 Å². The van der Waals surface area contributed by atoms with Crippen molar-refractivity contribution in [3.63, 3.8) is 0 Å². The summed E-state index contributed by atoms with van der Waals surface area (Å²) in [6.45, 7) is 0.160. The highest BCUT2D eigenvalue weighted by Crippen LogP contribution is 2.39. The lowest BCUT2D eigenvalue weighted by Gasteiger charge is -2.10. The molecule has 3 N–H and O–H groups in total. The molecule has 0 spiro atoms. The SMILES string of the molecule is O=C(NCc1cnc(-c2ccccc2CO)nc1)c1ccc2c(c1)NC(=O)c1ccccc1S2. The van der Waals surface area contributed by atoms with E-state index in [9.17, 15) is 14.7 Å². The zero-order valence-corrected chi connectivity index (χ0v) is 18.8. The average Bonchev–Trinajstić information content (AvgIpc) is 3.02. The highest BCUT2D eigenvalue weighted by Gasteiger charge is 2.20. The van der Waals surface area contributed by atoms with Gasteiger partial charge in [-0.2, -0.15) is 0 Å². The smallest absolute Gasteiger partial charge is 0.256 e. The van der Waals surface area contributed by atoms with E-state index in [1.807, 2.05) is 48.5 Å². The van der Waals surface area contributed by atoms with Crippen LogP contribution in [-0.2, 0) is 13.2 Å². The highest BCUT2D eigenvalue weighted by molar-refractivity contribution is 7.99. The Morgan fingerprint density at radius 3 is 2.47 bits per heavy atom. The largest absolute Gasteiger partial charge is 0.392 e. The summed E-state index contributed by atoms with van der Waals surface area (Å²) in [5.41, 5.74) is 3.93. The third-order valence-corrected chi connectivity index (χ3v) is 6.58. The molecule has 4 aromatic rings. The molecule has 7 nitrogen and oxygen atoms in total. The zero-order valence-electron chi connectivity index (χ0n) is 18.0. The number of aliphatic hydroxyl groups excluding tert-OH is 1. The van der Waals surface area contributed by atoms with Crippen LogP contribution in [0.25, 0.3) is 11.4 Å². The number of nitrogens with zero attached hydrogens (tertiary/aromatic N) is 2. The molecule has 8 heteroatoms. The van der Waals surface area contributed by atoms with Gasteiger partial charge >= 0.3 is 0 Å². The average molecular weight is 469 g/mol. The quantitative estimate of drug-likeness (QED) is 0.404. The van der Waals surface area contributed by atoms with E-state index in [-0.39, 0.29) is 25.0 Å². The molecule has 0 unspecified atom stereocenters. The number of anilines is 1. The molecule has 0 atom stereocenters. The van der Waals surface area contributed by atoms with E-state index < -0.39 is 0 Å². The maximum atomic E-state index is 12.8. The van der Waals surface area contributed by atoms with E-state index in [0.717, 1.165) is 26.5 Å². The minimum absolute atomic E-state index is 0.0941. The molecule has 5 rings (SSSR count). The van der Waals surface area contributed by atoms with Gasteiger partial charge in [0.15, 0.2) is 5.82 Å². The number of aliphatic hydroxyl groups is 1. The number of nitrogens with one attached hydrogen (secondary N) is 2. The van der Waals surface area contributed by atoms with E-state index in [0.29, 0.717) is 22.6 Å². The molecule has 0 fully saturated rings. The monoisotopic (exact) mass is 468 g/mol. The summed E-state index contributed by atoms with van der Waals surface area (Å²) in [4.78, 5) is 35.9. The second kappa shape index (κ2) is 9.46. The molecule has 1 aromatic heterocycles. The standard InChI is InChI=1S/C26H20N4O3S/c31-15-18-5-1-2-6-19(18)24-27-12-16(13-28-24)14-29-25(32)17-9-10-23-21(11-17)30-26(33)20-7-3-4-8-22(20)34-23/h1-13,31H,14-15H2,(H,29,32)(H,30,33). The van der Waals surface area contributed by atoms with Crippen LogP contribution in [0.1, 0.15) is 31.8 Å². The molecule has 1 aliphatic rings. The fourth-order valence-corrected chi connectivity index (χ4v) is 4.67. The maximum absolute atomic E-state index is 12.8. The molecule has 3 aromatic carbocycles. The Labute approximate surface area is 200 Å². The number of hydrogen-bond acceptors (Lipinski definition) is 6. The molecule has 168 valence electrons. The van der Waals surface area contributed by atoms with Crippen molar-refractivity contribution < 1.29 is 14.7 Å². The van der Waals surface area contributed by atoms with Crippen LogP contribution in [-0.4, -0.2) is 26.9 Å². The summed E-state index contributed by atoms with van der Waals surface area (Å²) in [5, 5.41) is 15.3. The van der Waals surface area contributed by atoms with Crippen molar-refractivity contribution in [2.75, 3.05) is 5.32 Å². The summed E-state index contributed by atoms with van der Waals surface area (Å²) >= 11 is 1.49. The van der Waals surface area contributed by atoms with Crippen molar-refractivity contribution in [3.05, 3.63) is 101 Å². The van der Waals surface area contributed by atoms with Crippen molar-refractivity contribution in [2.24, 2.45) is 0 Å². The van der Waals surface area contributed by atoms with Gasteiger partial charge in [0.25, 0.3) is 11.8 Å². The third kappa shape index (κ3) is 4.41. The van der Waals surface area contributed by atoms with Gasteiger partial charge in [0, 0.05) is 45.4 Å². The molecular formula is C26H20N4O3S. The Balaban J connectivity index is 1.28. The first-order valence-corrected chi connectivity index (χ1v) is 11.4. The van der Waals surface area contributed by atoms with Crippen molar-refractivity contribution >= 4 is 29.3 Å². The number of carbonyl (C=O) groups is 2. The molecular weight excluding hydrogens is 448 g/mol. The molecule has 0 bridgehead atoms. The molecule has 0 radical (unpaired) electrons. The molecule has 0 saturated carbocycles. The topological polar surface area (TPSA) is 104 Å². The first kappa shape index (κ1) is 21.8. The van der Waals surface area contributed by atoms with Gasteiger partial charge in [-0.3, -0.25) is 9.59 Å². The number of aromatic nitrogens is 2. The highest BCUT2D eigenvalue weighted by atomic mass is 32.2. The fraction of sp³-hybridized carbons (Fsp3) is 0.0769. The zero-order chi connectivity index (χ0) is 23.5. The van der Waals surface area contributed by atoms with E-state index in [4.69, 9.17) is 0 Å². The van der Waals surface area contributed by atoms with Crippen LogP contribution >= 0.6 is 11.8 Å². The van der Waals surface area contributed by atoms with Gasteiger partial charge in [0.1, 0.15) is 0 Å². The van der Waals surface area contributed by atoms with E-state index in [2.05, 4.69) is 20.6 Å². The minimum Gasteiger partial charge on any atom is -0.392 e. The molecule has 1 aliphatic heterocycles. The Bertz CT molecular complexity index is 1390. The Hall–Kier alpha value is -4.01. The summed E-state index contributed by atoms with van der Waals surface area (Å²) in [5.74, 6) is 0.0534. The van der Waals surface area contributed by atoms with Crippen molar-refractivity contribution in [1.29, 1.82) is 0 Å². The predicted molar refractivity (Wildman–Crippen MR) is 130 cm³/mol. The van der Waals surface area contributed by atoms with E-state index >= 15 is 0 Å². The number of rotatable bonds is 5. The van der Waals surface area contributed by atoms with Gasteiger partial charge in [-0.05, 0) is 35.9 Å². The van der Waals surface area contributed by atoms with Crippen LogP contribution in [0.15, 0.2) is 88.9 Å². The van der Waals surface area contributed by atoms with Crippen LogP contribution in [0.2, 0.25) is 0 Å². The van der Waals surface area contributed by atoms with Crippen LogP contribution in [0.4, 0.5) is 5.69 Å². The summed E-state index contributed by atoms with van der Waals surface area (Å²) in [6, 6.07) is 20.1. The third-order valence-electron chi connectivity index (χ3n) is 5.43. The minimum atomic E-state index is -0.265. The fourth-order valence-electron chi connectivity index (χ4n) is 3.66. The van der Waals surface area contributed by atoms with Crippen LogP contribution in [0.5, 0.6) is 0 Å².